The van der Waals surface area contributed by atoms with Gasteiger partial charge in [0.05, 0.1) is 0 Å². The van der Waals surface area contributed by atoms with Crippen LogP contribution in [0, 0.1) is 6.08 Å². The zero-order valence-corrected chi connectivity index (χ0v) is 33.3. The zero-order valence-electron chi connectivity index (χ0n) is 26.1. The van der Waals surface area contributed by atoms with Crippen molar-refractivity contribution in [1.29, 1.82) is 0 Å². The Labute approximate surface area is 308 Å². The van der Waals surface area contributed by atoms with Gasteiger partial charge in [-0.1, -0.05) is 76.9 Å². The second-order valence-electron chi connectivity index (χ2n) is 12.6. The monoisotopic (exact) mass is 824 g/mol. The summed E-state index contributed by atoms with van der Waals surface area (Å²) in [7, 11) is 0. The van der Waals surface area contributed by atoms with E-state index in [2.05, 4.69) is 177 Å². The summed E-state index contributed by atoms with van der Waals surface area (Å²) < 4.78 is 3.62. The Morgan fingerprint density at radius 2 is 1.07 bits per heavy atom. The Morgan fingerprint density at radius 3 is 1.36 bits per heavy atom. The third-order valence-corrected chi connectivity index (χ3v) is 9.77. The van der Waals surface area contributed by atoms with Gasteiger partial charge in [-0.15, -0.1) is 46.2 Å². The van der Waals surface area contributed by atoms with Gasteiger partial charge in [0.1, 0.15) is 0 Å². The van der Waals surface area contributed by atoms with Crippen molar-refractivity contribution in [2.75, 3.05) is 0 Å². The largest absolute Gasteiger partial charge is 1.00 e. The Kier molecular flexibility index (Phi) is 14.9. The van der Waals surface area contributed by atoms with E-state index in [1.165, 1.54) is 71.2 Å². The molecule has 1 aliphatic carbocycles. The van der Waals surface area contributed by atoms with E-state index >= 15 is 0 Å². The smallest absolute Gasteiger partial charge is 0.0145 e. The number of hydrogen-bond donors (Lipinski definition) is 0. The molecular formula is C39H38Br2Cl2Zr-2. The Balaban J connectivity index is 0.000000260. The maximum Gasteiger partial charge on any atom is -0.0145 e. The van der Waals surface area contributed by atoms with Crippen LogP contribution in [0.4, 0.5) is 0 Å². The molecule has 0 saturated carbocycles. The van der Waals surface area contributed by atoms with E-state index in [0.29, 0.717) is 0 Å². The SMILES string of the molecule is Brc1ccc([C](=[Zr+2])c2ccc(Br)cc2)cc1.CC(C)(C)c1ccc2[cH-]c3ccc(C(C)(C)C)cc3c2c1.[C-]1=CC=CC1.[Cl-].[Cl-]. The van der Waals surface area contributed by atoms with Crippen molar-refractivity contribution < 1.29 is 49.0 Å². The first kappa shape index (κ1) is 38.7. The molecule has 228 valence electrons. The average Bonchev–Trinajstić information content (AvgIpc) is 3.64. The predicted molar refractivity (Wildman–Crippen MR) is 188 cm³/mol. The molecule has 5 aromatic carbocycles. The molecule has 0 bridgehead atoms. The van der Waals surface area contributed by atoms with Gasteiger partial charge in [0.25, 0.3) is 0 Å². The van der Waals surface area contributed by atoms with Crippen LogP contribution in [0.15, 0.2) is 118 Å². The van der Waals surface area contributed by atoms with Crippen LogP contribution in [-0.2, 0) is 35.1 Å². The van der Waals surface area contributed by atoms with Crippen molar-refractivity contribution in [1.82, 2.24) is 0 Å². The topological polar surface area (TPSA) is 0 Å². The minimum absolute atomic E-state index is 0. The van der Waals surface area contributed by atoms with Crippen LogP contribution in [0.1, 0.15) is 70.2 Å². The van der Waals surface area contributed by atoms with E-state index in [1.54, 1.807) is 0 Å². The van der Waals surface area contributed by atoms with Crippen LogP contribution in [0.3, 0.4) is 0 Å². The van der Waals surface area contributed by atoms with E-state index in [4.69, 9.17) is 0 Å². The Morgan fingerprint density at radius 1 is 0.659 bits per heavy atom. The first-order valence-electron chi connectivity index (χ1n) is 14.3. The van der Waals surface area contributed by atoms with E-state index < -0.39 is 0 Å². The van der Waals surface area contributed by atoms with Crippen LogP contribution in [0.2, 0.25) is 0 Å². The second-order valence-corrected chi connectivity index (χ2v) is 15.7. The molecule has 0 nitrogen and oxygen atoms in total. The number of hydrogen-bond acceptors (Lipinski definition) is 0. The maximum atomic E-state index is 3.45. The van der Waals surface area contributed by atoms with Gasteiger partial charge in [-0.25, -0.2) is 12.2 Å². The molecule has 44 heavy (non-hydrogen) atoms. The molecule has 0 aromatic heterocycles. The summed E-state index contributed by atoms with van der Waals surface area (Å²) >= 11 is 8.34. The van der Waals surface area contributed by atoms with Gasteiger partial charge in [-0.3, -0.25) is 6.08 Å². The molecule has 0 spiro atoms. The fourth-order valence-electron chi connectivity index (χ4n) is 4.67. The molecule has 0 N–H and O–H groups in total. The van der Waals surface area contributed by atoms with Gasteiger partial charge in [0, 0.05) is 0 Å². The zero-order chi connectivity index (χ0) is 30.5. The van der Waals surface area contributed by atoms with Crippen molar-refractivity contribution in [2.24, 2.45) is 0 Å². The Hall–Kier alpha value is -1.48. The van der Waals surface area contributed by atoms with Crippen LogP contribution in [-0.4, -0.2) is 3.21 Å². The second kappa shape index (κ2) is 16.9. The molecule has 0 saturated heterocycles. The minimum atomic E-state index is 0. The van der Waals surface area contributed by atoms with Gasteiger partial charge in [-0.2, -0.15) is 6.08 Å². The van der Waals surface area contributed by atoms with Crippen LogP contribution in [0.25, 0.3) is 21.5 Å². The molecule has 0 unspecified atom stereocenters. The van der Waals surface area contributed by atoms with Crippen molar-refractivity contribution in [3.63, 3.8) is 0 Å². The van der Waals surface area contributed by atoms with Crippen molar-refractivity contribution >= 4 is 56.6 Å². The minimum Gasteiger partial charge on any atom is -1.00 e. The molecular weight excluding hydrogens is 790 g/mol. The summed E-state index contributed by atoms with van der Waals surface area (Å²) in [4.78, 5) is 0. The molecule has 0 amide bonds. The van der Waals surface area contributed by atoms with Crippen LogP contribution >= 0.6 is 31.9 Å². The fraction of sp³-hybridized carbons (Fsp3) is 0.231. The predicted octanol–water partition coefficient (Wildman–Crippen LogP) is 5.95. The fourth-order valence-corrected chi connectivity index (χ4v) is 6.02. The van der Waals surface area contributed by atoms with Crippen LogP contribution < -0.4 is 24.8 Å². The molecule has 0 heterocycles. The van der Waals surface area contributed by atoms with Gasteiger partial charge in [0.2, 0.25) is 0 Å². The van der Waals surface area contributed by atoms with Gasteiger partial charge in [0.15, 0.2) is 0 Å². The molecule has 5 heteroatoms. The van der Waals surface area contributed by atoms with E-state index in [9.17, 15) is 0 Å². The van der Waals surface area contributed by atoms with Crippen molar-refractivity contribution in [3.8, 4) is 0 Å². The number of halogens is 4. The molecule has 6 rings (SSSR count). The number of allylic oxidation sites excluding steroid dienone is 4. The summed E-state index contributed by atoms with van der Waals surface area (Å²) in [5.41, 5.74) is 5.79. The van der Waals surface area contributed by atoms with E-state index in [1.807, 2.05) is 12.2 Å². The maximum absolute atomic E-state index is 3.45. The normalized spacial score (nSPS) is 12.0. The first-order chi connectivity index (χ1) is 19.8. The van der Waals surface area contributed by atoms with E-state index in [-0.39, 0.29) is 35.6 Å². The van der Waals surface area contributed by atoms with Crippen molar-refractivity contribution in [2.45, 2.75) is 58.8 Å². The number of rotatable bonds is 2. The van der Waals surface area contributed by atoms with Crippen LogP contribution in [0.5, 0.6) is 0 Å². The first-order valence-corrected chi connectivity index (χ1v) is 17.1. The van der Waals surface area contributed by atoms with Gasteiger partial charge < -0.3 is 24.8 Å². The quantitative estimate of drug-likeness (QED) is 0.193. The van der Waals surface area contributed by atoms with Gasteiger partial charge >= 0.3 is 128 Å². The average molecular weight is 829 g/mol. The molecule has 1 aliphatic rings. The molecule has 0 atom stereocenters. The third-order valence-electron chi connectivity index (χ3n) is 7.29. The number of benzene rings is 4. The summed E-state index contributed by atoms with van der Waals surface area (Å²) in [6.45, 7) is 13.7. The Bertz CT molecular complexity index is 1600. The number of fused-ring (bicyclic) bond motifs is 3. The standard InChI is InChI=1S/C21H25.C13H8Br2.C5H5.2ClH.Zr/c1-20(2,3)16-9-7-14-11-15-8-10-17(21(4,5)6)13-19(15)18(14)12-16;14-12-5-1-10(2-6-12)9-11-3-7-13(15)8-4-11;1-2-4-5-3-1;;;/h7-13H,1-6H3;1-8H;1-3H,4H2;2*1H;/q-1;;-1;;;+2/p-2. The van der Waals surface area contributed by atoms with E-state index in [0.717, 1.165) is 15.4 Å². The summed E-state index contributed by atoms with van der Waals surface area (Å²) in [5.74, 6) is 0. The molecule has 5 aromatic rings. The molecule has 0 aliphatic heterocycles. The third kappa shape index (κ3) is 10.5. The molecule has 0 fully saturated rings. The molecule has 0 radical (unpaired) electrons. The van der Waals surface area contributed by atoms with Gasteiger partial charge in [-0.05, 0) is 10.8 Å². The summed E-state index contributed by atoms with van der Waals surface area (Å²) in [6.07, 6.45) is 10.0. The summed E-state index contributed by atoms with van der Waals surface area (Å²) in [5, 5.41) is 5.49. The van der Waals surface area contributed by atoms with Crippen molar-refractivity contribution in [3.05, 3.63) is 146 Å². The summed E-state index contributed by atoms with van der Waals surface area (Å²) in [6, 6.07) is 33.1.